The van der Waals surface area contributed by atoms with Gasteiger partial charge in [-0.2, -0.15) is 15.5 Å². The van der Waals surface area contributed by atoms with Gasteiger partial charge in [0, 0.05) is 19.1 Å². The van der Waals surface area contributed by atoms with Gasteiger partial charge in [-0.3, -0.25) is 0 Å². The van der Waals surface area contributed by atoms with Crippen molar-refractivity contribution in [2.24, 2.45) is 4.99 Å². The van der Waals surface area contributed by atoms with Crippen LogP contribution in [-0.4, -0.2) is 24.5 Å². The molecule has 0 aromatic heterocycles. The van der Waals surface area contributed by atoms with Gasteiger partial charge in [-0.05, 0) is 62.1 Å². The van der Waals surface area contributed by atoms with Gasteiger partial charge in [0.2, 0.25) is 6.19 Å². The van der Waals surface area contributed by atoms with Crippen molar-refractivity contribution in [3.63, 3.8) is 0 Å². The van der Waals surface area contributed by atoms with Crippen LogP contribution in [0.1, 0.15) is 44.2 Å². The van der Waals surface area contributed by atoms with Crippen LogP contribution in [0.2, 0.25) is 0 Å². The van der Waals surface area contributed by atoms with Crippen molar-refractivity contribution in [2.45, 2.75) is 44.8 Å². The summed E-state index contributed by atoms with van der Waals surface area (Å²) in [5, 5.41) is 18.3. The van der Waals surface area contributed by atoms with Crippen molar-refractivity contribution in [1.29, 1.82) is 10.5 Å². The van der Waals surface area contributed by atoms with Crippen LogP contribution in [0.3, 0.4) is 0 Å². The number of hydrogen-bond donors (Lipinski definition) is 0. The highest BCUT2D eigenvalue weighted by atomic mass is 16.5. The molecule has 28 heavy (non-hydrogen) atoms. The molecular formula is C23H23N3O2. The zero-order chi connectivity index (χ0) is 20.1. The van der Waals surface area contributed by atoms with E-state index in [0.29, 0.717) is 12.0 Å². The first-order valence-electron chi connectivity index (χ1n) is 9.30. The number of nitriles is 2. The summed E-state index contributed by atoms with van der Waals surface area (Å²) in [4.78, 5) is 4.09. The molecule has 0 bridgehead atoms. The SMILES string of the molecule is CO[C@H](C)CC[C@@]1(C)C/C(=N\C#N)c2cc(-c3cccc(C#N)c3)ccc2O1. The molecule has 0 aliphatic carbocycles. The van der Waals surface area contributed by atoms with E-state index in [0.717, 1.165) is 41.0 Å². The maximum absolute atomic E-state index is 9.19. The Bertz CT molecular complexity index is 984. The number of fused-ring (bicyclic) bond motifs is 1. The summed E-state index contributed by atoms with van der Waals surface area (Å²) >= 11 is 0. The van der Waals surface area contributed by atoms with Crippen molar-refractivity contribution >= 4 is 5.71 Å². The Balaban J connectivity index is 1.96. The molecule has 1 aliphatic heterocycles. The Hall–Kier alpha value is -3.15. The predicted octanol–water partition coefficient (Wildman–Crippen LogP) is 4.85. The van der Waals surface area contributed by atoms with Crippen LogP contribution in [0.4, 0.5) is 0 Å². The molecule has 142 valence electrons. The first-order chi connectivity index (χ1) is 13.5. The van der Waals surface area contributed by atoms with Crippen LogP contribution in [0.15, 0.2) is 47.5 Å². The van der Waals surface area contributed by atoms with Gasteiger partial charge in [0.05, 0.1) is 23.4 Å². The third-order valence-electron chi connectivity index (χ3n) is 5.18. The molecule has 1 heterocycles. The van der Waals surface area contributed by atoms with Crippen LogP contribution in [0.25, 0.3) is 11.1 Å². The van der Waals surface area contributed by atoms with Gasteiger partial charge in [0.1, 0.15) is 11.4 Å². The van der Waals surface area contributed by atoms with Crippen LogP contribution < -0.4 is 4.74 Å². The Morgan fingerprint density at radius 1 is 1.21 bits per heavy atom. The zero-order valence-corrected chi connectivity index (χ0v) is 16.4. The summed E-state index contributed by atoms with van der Waals surface area (Å²) in [7, 11) is 1.70. The molecule has 0 N–H and O–H groups in total. The molecule has 0 fully saturated rings. The first-order valence-corrected chi connectivity index (χ1v) is 9.30. The molecule has 0 unspecified atom stereocenters. The predicted molar refractivity (Wildman–Crippen MR) is 108 cm³/mol. The smallest absolute Gasteiger partial charge is 0.205 e. The van der Waals surface area contributed by atoms with Gasteiger partial charge in [0.25, 0.3) is 0 Å². The van der Waals surface area contributed by atoms with Gasteiger partial charge < -0.3 is 9.47 Å². The first kappa shape index (κ1) is 19.6. The lowest BCUT2D eigenvalue weighted by molar-refractivity contribution is 0.0468. The fraction of sp³-hybridized carbons (Fsp3) is 0.348. The molecule has 2 aromatic carbocycles. The molecule has 0 spiro atoms. The molecule has 5 nitrogen and oxygen atoms in total. The molecule has 0 amide bonds. The highest BCUT2D eigenvalue weighted by Crippen LogP contribution is 2.38. The number of nitrogens with zero attached hydrogens (tertiary/aromatic N) is 3. The second-order valence-corrected chi connectivity index (χ2v) is 7.38. The maximum Gasteiger partial charge on any atom is 0.205 e. The minimum atomic E-state index is -0.433. The van der Waals surface area contributed by atoms with Crippen molar-refractivity contribution in [1.82, 2.24) is 0 Å². The normalized spacial score (nSPS) is 20.5. The number of methoxy groups -OCH3 is 1. The third-order valence-corrected chi connectivity index (χ3v) is 5.18. The summed E-state index contributed by atoms with van der Waals surface area (Å²) in [6, 6.07) is 15.5. The maximum atomic E-state index is 9.19. The van der Waals surface area contributed by atoms with Crippen LogP contribution in [0, 0.1) is 22.8 Å². The quantitative estimate of drug-likeness (QED) is 0.702. The number of hydrogen-bond acceptors (Lipinski definition) is 5. The van der Waals surface area contributed by atoms with Crippen molar-refractivity contribution < 1.29 is 9.47 Å². The monoisotopic (exact) mass is 373 g/mol. The fourth-order valence-electron chi connectivity index (χ4n) is 3.47. The summed E-state index contributed by atoms with van der Waals surface area (Å²) in [6.07, 6.45) is 4.31. The number of ether oxygens (including phenoxy) is 2. The molecule has 1 aliphatic rings. The zero-order valence-electron chi connectivity index (χ0n) is 16.4. The van der Waals surface area contributed by atoms with Gasteiger partial charge in [-0.25, -0.2) is 0 Å². The van der Waals surface area contributed by atoms with E-state index in [1.54, 1.807) is 13.2 Å². The second-order valence-electron chi connectivity index (χ2n) is 7.38. The van der Waals surface area contributed by atoms with Crippen LogP contribution >= 0.6 is 0 Å². The standard InChI is InChI=1S/C23H23N3O2/c1-16(27-3)9-10-23(2)13-21(26-15-25)20-12-19(7-8-22(20)28-23)18-6-4-5-17(11-18)14-24/h4-8,11-12,16H,9-10,13H2,1-3H3/b26-21+/t16-,23+/m1/s1. The van der Waals surface area contributed by atoms with Crippen molar-refractivity contribution in [3.05, 3.63) is 53.6 Å². The average Bonchev–Trinajstić information content (AvgIpc) is 2.72. The lowest BCUT2D eigenvalue weighted by Gasteiger charge is -2.37. The highest BCUT2D eigenvalue weighted by Gasteiger charge is 2.35. The van der Waals surface area contributed by atoms with E-state index in [1.165, 1.54) is 0 Å². The Morgan fingerprint density at radius 2 is 2.00 bits per heavy atom. The van der Waals surface area contributed by atoms with Gasteiger partial charge >= 0.3 is 0 Å². The molecular weight excluding hydrogens is 350 g/mol. The van der Waals surface area contributed by atoms with E-state index in [1.807, 2.05) is 49.5 Å². The second kappa shape index (κ2) is 8.25. The van der Waals surface area contributed by atoms with E-state index >= 15 is 0 Å². The van der Waals surface area contributed by atoms with E-state index in [9.17, 15) is 5.26 Å². The largest absolute Gasteiger partial charge is 0.486 e. The lowest BCUT2D eigenvalue weighted by atomic mass is 9.85. The fourth-order valence-corrected chi connectivity index (χ4v) is 3.47. The summed E-state index contributed by atoms with van der Waals surface area (Å²) in [5.74, 6) is 0.730. The van der Waals surface area contributed by atoms with Gasteiger partial charge in [-0.15, -0.1) is 0 Å². The number of aliphatic imine (C=N–C) groups is 1. The molecule has 0 radical (unpaired) electrons. The van der Waals surface area contributed by atoms with Crippen molar-refractivity contribution in [2.75, 3.05) is 7.11 Å². The van der Waals surface area contributed by atoms with Gasteiger partial charge in [-0.1, -0.05) is 18.2 Å². The van der Waals surface area contributed by atoms with E-state index in [2.05, 4.69) is 18.0 Å². The van der Waals surface area contributed by atoms with E-state index in [4.69, 9.17) is 14.7 Å². The van der Waals surface area contributed by atoms with E-state index < -0.39 is 5.60 Å². The topological polar surface area (TPSA) is 78.4 Å². The summed E-state index contributed by atoms with van der Waals surface area (Å²) in [6.45, 7) is 4.08. The van der Waals surface area contributed by atoms with Crippen molar-refractivity contribution in [3.8, 4) is 29.1 Å². The van der Waals surface area contributed by atoms with E-state index in [-0.39, 0.29) is 6.10 Å². The Kier molecular flexibility index (Phi) is 5.78. The van der Waals surface area contributed by atoms with Gasteiger partial charge in [0.15, 0.2) is 0 Å². The minimum Gasteiger partial charge on any atom is -0.486 e. The Morgan fingerprint density at radius 3 is 2.71 bits per heavy atom. The molecule has 5 heteroatoms. The average molecular weight is 373 g/mol. The summed E-state index contributed by atoms with van der Waals surface area (Å²) < 4.78 is 11.7. The molecule has 0 saturated heterocycles. The number of benzene rings is 2. The minimum absolute atomic E-state index is 0.146. The highest BCUT2D eigenvalue weighted by molar-refractivity contribution is 6.05. The van der Waals surface area contributed by atoms with Crippen LogP contribution in [-0.2, 0) is 4.74 Å². The molecule has 0 saturated carbocycles. The lowest BCUT2D eigenvalue weighted by Crippen LogP contribution is -2.40. The molecule has 2 atom stereocenters. The van der Waals surface area contributed by atoms with Crippen LogP contribution in [0.5, 0.6) is 5.75 Å². The Labute approximate surface area is 165 Å². The third kappa shape index (κ3) is 4.22. The summed E-state index contributed by atoms with van der Waals surface area (Å²) in [5.41, 5.74) is 3.64. The molecule has 2 aromatic rings. The molecule has 3 rings (SSSR count). The number of rotatable bonds is 5.